The van der Waals surface area contributed by atoms with E-state index in [1.165, 1.54) is 0 Å². The van der Waals surface area contributed by atoms with Crippen LogP contribution < -0.4 is 11.2 Å². The molecule has 1 aliphatic rings. The minimum absolute atomic E-state index is 0.618. The number of carbonyl (C=O) groups excluding carboxylic acids is 2. The highest BCUT2D eigenvalue weighted by molar-refractivity contribution is 5.89. The highest BCUT2D eigenvalue weighted by Crippen LogP contribution is 2.41. The molecule has 0 spiro atoms. The predicted octanol–water partition coefficient (Wildman–Crippen LogP) is -1.96. The van der Waals surface area contributed by atoms with Crippen LogP contribution in [0, 0.1) is 0 Å². The van der Waals surface area contributed by atoms with Crippen LogP contribution >= 0.6 is 0 Å². The summed E-state index contributed by atoms with van der Waals surface area (Å²) in [5.74, 6) is -1.92. The Kier molecular flexibility index (Phi) is 4.33. The van der Waals surface area contributed by atoms with Crippen molar-refractivity contribution in [1.82, 2.24) is 9.55 Å². The van der Waals surface area contributed by atoms with E-state index in [0.717, 1.165) is 26.1 Å². The second kappa shape index (κ2) is 5.80. The second-order valence-corrected chi connectivity index (χ2v) is 5.30. The van der Waals surface area contributed by atoms with Gasteiger partial charge in [0.05, 0.1) is 0 Å². The molecule has 0 saturated carbocycles. The van der Waals surface area contributed by atoms with Crippen molar-refractivity contribution in [3.8, 4) is 0 Å². The first-order chi connectivity index (χ1) is 10.6. The van der Waals surface area contributed by atoms with Crippen molar-refractivity contribution in [2.45, 2.75) is 44.1 Å². The number of hydrogen-bond acceptors (Lipinski definition) is 7. The minimum atomic E-state index is -2.81. The van der Waals surface area contributed by atoms with Crippen molar-refractivity contribution < 1.29 is 28.9 Å². The molecule has 1 unspecified atom stereocenters. The number of ether oxygens (including phenoxy) is 1. The maximum atomic E-state index is 14.7. The molecule has 10 heteroatoms. The Morgan fingerprint density at radius 3 is 2.52 bits per heavy atom. The van der Waals surface area contributed by atoms with Gasteiger partial charge < -0.3 is 14.9 Å². The Hall–Kier alpha value is -2.17. The van der Waals surface area contributed by atoms with Gasteiger partial charge in [-0.25, -0.2) is 9.18 Å². The molecule has 0 radical (unpaired) electrons. The molecule has 1 saturated heterocycles. The topological polar surface area (TPSA) is 139 Å². The number of rotatable bonds is 4. The molecule has 1 aromatic rings. The van der Waals surface area contributed by atoms with Crippen LogP contribution in [0.25, 0.3) is 0 Å². The summed E-state index contributed by atoms with van der Waals surface area (Å²) in [6.07, 6.45) is -7.18. The van der Waals surface area contributed by atoms with Crippen molar-refractivity contribution >= 4 is 11.6 Å². The number of ketones is 2. The van der Waals surface area contributed by atoms with Gasteiger partial charge in [-0.05, 0) is 13.8 Å². The number of aliphatic hydroxyl groups is 2. The van der Waals surface area contributed by atoms with Gasteiger partial charge in [-0.1, -0.05) is 0 Å². The Balaban J connectivity index is 2.53. The zero-order valence-electron chi connectivity index (χ0n) is 12.2. The Morgan fingerprint density at radius 2 is 2.04 bits per heavy atom. The van der Waals surface area contributed by atoms with Crippen molar-refractivity contribution in [3.63, 3.8) is 0 Å². The van der Waals surface area contributed by atoms with Crippen LogP contribution in [-0.4, -0.2) is 55.3 Å². The van der Waals surface area contributed by atoms with Gasteiger partial charge in [0, 0.05) is 12.3 Å². The lowest BCUT2D eigenvalue weighted by Gasteiger charge is -2.28. The summed E-state index contributed by atoms with van der Waals surface area (Å²) in [7, 11) is 0. The van der Waals surface area contributed by atoms with Gasteiger partial charge in [0.1, 0.15) is 12.2 Å². The smallest absolute Gasteiger partial charge is 0.330 e. The van der Waals surface area contributed by atoms with E-state index in [2.05, 4.69) is 0 Å². The van der Waals surface area contributed by atoms with Gasteiger partial charge in [-0.2, -0.15) is 0 Å². The lowest BCUT2D eigenvalue weighted by atomic mass is 9.85. The van der Waals surface area contributed by atoms with E-state index >= 15 is 0 Å². The number of nitrogens with zero attached hydrogens (tertiary/aromatic N) is 1. The van der Waals surface area contributed by atoms with Gasteiger partial charge in [0.25, 0.3) is 5.56 Å². The number of aromatic amines is 1. The lowest BCUT2D eigenvalue weighted by Crippen LogP contribution is -2.57. The Labute approximate surface area is 128 Å². The zero-order chi connectivity index (χ0) is 17.5. The van der Waals surface area contributed by atoms with E-state index in [1.54, 1.807) is 0 Å². The number of carbonyl (C=O) groups is 2. The molecule has 126 valence electrons. The summed E-state index contributed by atoms with van der Waals surface area (Å²) in [4.78, 5) is 47.6. The first-order valence-electron chi connectivity index (χ1n) is 6.63. The van der Waals surface area contributed by atoms with Gasteiger partial charge in [-0.15, -0.1) is 0 Å². The van der Waals surface area contributed by atoms with Gasteiger partial charge in [0.2, 0.25) is 0 Å². The SMILES string of the molecule is CC(=O)C(O)[C@H]1O[C@@H](n2ccc(=O)[nH]c2=O)[C@@H](F)[C@@]1(O)C(C)=O. The average Bonchev–Trinajstić information content (AvgIpc) is 2.72. The average molecular weight is 330 g/mol. The molecule has 1 fully saturated rings. The van der Waals surface area contributed by atoms with Gasteiger partial charge >= 0.3 is 5.69 Å². The summed E-state index contributed by atoms with van der Waals surface area (Å²) in [5, 5.41) is 20.2. The lowest BCUT2D eigenvalue weighted by molar-refractivity contribution is -0.160. The van der Waals surface area contributed by atoms with Gasteiger partial charge in [0.15, 0.2) is 29.6 Å². The fraction of sp³-hybridized carbons (Fsp3) is 0.538. The molecule has 0 aromatic carbocycles. The van der Waals surface area contributed by atoms with Crippen LogP contribution in [0.5, 0.6) is 0 Å². The number of Topliss-reactive ketones (excluding diaryl/α,β-unsaturated/α-hetero) is 2. The Morgan fingerprint density at radius 1 is 1.43 bits per heavy atom. The largest absolute Gasteiger partial charge is 0.382 e. The number of alkyl halides is 1. The fourth-order valence-corrected chi connectivity index (χ4v) is 2.45. The summed E-state index contributed by atoms with van der Waals surface area (Å²) in [6.45, 7) is 1.84. The van der Waals surface area contributed by atoms with E-state index in [9.17, 15) is 33.8 Å². The highest BCUT2D eigenvalue weighted by Gasteiger charge is 2.63. The molecule has 2 rings (SSSR count). The summed E-state index contributed by atoms with van der Waals surface area (Å²) in [6, 6.07) is 0.916. The highest BCUT2D eigenvalue weighted by atomic mass is 19.1. The van der Waals surface area contributed by atoms with Crippen LogP contribution in [0.1, 0.15) is 20.1 Å². The fourth-order valence-electron chi connectivity index (χ4n) is 2.45. The molecule has 1 aliphatic heterocycles. The third kappa shape index (κ3) is 2.64. The standard InChI is InChI=1S/C13H15FN2O7/c1-5(17)8(20)10-13(22,6(2)18)9(14)11(23-10)16-4-3-7(19)15-12(16)21/h3-4,8-11,20,22H,1-2H3,(H,15,19,21)/t8?,9-,10-,11-,13+/m1/s1. The number of H-pyrrole nitrogens is 1. The van der Waals surface area contributed by atoms with Crippen molar-refractivity contribution in [2.24, 2.45) is 0 Å². The van der Waals surface area contributed by atoms with E-state index in [0.29, 0.717) is 4.57 Å². The van der Waals surface area contributed by atoms with Crippen LogP contribution in [0.4, 0.5) is 4.39 Å². The van der Waals surface area contributed by atoms with E-state index in [1.807, 2.05) is 4.98 Å². The third-order valence-electron chi connectivity index (χ3n) is 3.78. The molecule has 3 N–H and O–H groups in total. The number of aliphatic hydroxyl groups excluding tert-OH is 1. The summed E-state index contributed by atoms with van der Waals surface area (Å²) >= 11 is 0. The quantitative estimate of drug-likeness (QED) is 0.582. The monoisotopic (exact) mass is 330 g/mol. The first-order valence-corrected chi connectivity index (χ1v) is 6.63. The molecular formula is C13H15FN2O7. The molecule has 0 amide bonds. The molecule has 9 nitrogen and oxygen atoms in total. The van der Waals surface area contributed by atoms with Crippen LogP contribution in [-0.2, 0) is 14.3 Å². The van der Waals surface area contributed by atoms with Crippen molar-refractivity contribution in [1.29, 1.82) is 0 Å². The maximum Gasteiger partial charge on any atom is 0.330 e. The van der Waals surface area contributed by atoms with Crippen molar-refractivity contribution in [3.05, 3.63) is 33.1 Å². The van der Waals surface area contributed by atoms with E-state index in [-0.39, 0.29) is 0 Å². The molecule has 1 aromatic heterocycles. The second-order valence-electron chi connectivity index (χ2n) is 5.30. The van der Waals surface area contributed by atoms with E-state index < -0.39 is 53.0 Å². The van der Waals surface area contributed by atoms with Crippen molar-refractivity contribution in [2.75, 3.05) is 0 Å². The Bertz CT molecular complexity index is 757. The summed E-state index contributed by atoms with van der Waals surface area (Å²) in [5.41, 5.74) is -4.58. The molecule has 5 atom stereocenters. The number of hydrogen-bond donors (Lipinski definition) is 3. The molecule has 2 heterocycles. The molecule has 0 bridgehead atoms. The summed E-state index contributed by atoms with van der Waals surface area (Å²) < 4.78 is 20.4. The number of halogens is 1. The molecule has 23 heavy (non-hydrogen) atoms. The normalized spacial score (nSPS) is 31.8. The maximum absolute atomic E-state index is 14.7. The third-order valence-corrected chi connectivity index (χ3v) is 3.78. The molecular weight excluding hydrogens is 315 g/mol. The van der Waals surface area contributed by atoms with Crippen LogP contribution in [0.2, 0.25) is 0 Å². The number of nitrogens with one attached hydrogen (secondary N) is 1. The van der Waals surface area contributed by atoms with Crippen LogP contribution in [0.3, 0.4) is 0 Å². The van der Waals surface area contributed by atoms with E-state index in [4.69, 9.17) is 4.74 Å². The zero-order valence-corrected chi connectivity index (χ0v) is 12.2. The van der Waals surface area contributed by atoms with Crippen LogP contribution in [0.15, 0.2) is 21.9 Å². The molecule has 0 aliphatic carbocycles. The predicted molar refractivity (Wildman–Crippen MR) is 72.4 cm³/mol. The number of aromatic nitrogens is 2. The first kappa shape index (κ1) is 17.2. The van der Waals surface area contributed by atoms with Gasteiger partial charge in [-0.3, -0.25) is 23.9 Å². The minimum Gasteiger partial charge on any atom is -0.382 e.